The minimum Gasteiger partial charge on any atom is -0.376 e. The summed E-state index contributed by atoms with van der Waals surface area (Å²) in [5.41, 5.74) is 6.10. The van der Waals surface area contributed by atoms with E-state index in [0.717, 1.165) is 0 Å². The van der Waals surface area contributed by atoms with Crippen molar-refractivity contribution in [3.63, 3.8) is 0 Å². The third-order valence-corrected chi connectivity index (χ3v) is 3.57. The zero-order valence-electron chi connectivity index (χ0n) is 9.80. The molecule has 2 N–H and O–H groups in total. The number of halogens is 1. The third kappa shape index (κ3) is 2.73. The molecule has 0 spiro atoms. The topological polar surface area (TPSA) is 49.6 Å². The first-order valence-electron chi connectivity index (χ1n) is 5.68. The quantitative estimate of drug-likeness (QED) is 0.791. The Morgan fingerprint density at radius 1 is 1.17 bits per heavy atom. The van der Waals surface area contributed by atoms with E-state index < -0.39 is 0 Å². The lowest BCUT2D eigenvalue weighted by atomic mass is 10.2. The Morgan fingerprint density at radius 3 is 2.28 bits per heavy atom. The van der Waals surface area contributed by atoms with E-state index in [1.807, 2.05) is 17.0 Å². The average Bonchev–Trinajstić information content (AvgIpc) is 2.38. The Kier molecular flexibility index (Phi) is 4.04. The van der Waals surface area contributed by atoms with Crippen LogP contribution in [0, 0.1) is 0 Å². The number of nitrogens with two attached hydrogens (primary N) is 1. The van der Waals surface area contributed by atoms with Crippen LogP contribution >= 0.6 is 23.8 Å². The second kappa shape index (κ2) is 5.54. The molecule has 0 unspecified atom stereocenters. The van der Waals surface area contributed by atoms with Crippen LogP contribution in [0.5, 0.6) is 0 Å². The van der Waals surface area contributed by atoms with Gasteiger partial charge in [-0.05, 0) is 24.4 Å². The van der Waals surface area contributed by atoms with E-state index in [4.69, 9.17) is 29.6 Å². The van der Waals surface area contributed by atoms with E-state index in [1.54, 1.807) is 17.0 Å². The first-order chi connectivity index (χ1) is 8.59. The van der Waals surface area contributed by atoms with Crippen LogP contribution in [0.3, 0.4) is 0 Å². The second-order valence-corrected chi connectivity index (χ2v) is 4.92. The smallest absolute Gasteiger partial charge is 0.255 e. The molecule has 1 amide bonds. The second-order valence-electron chi connectivity index (χ2n) is 4.10. The van der Waals surface area contributed by atoms with Crippen molar-refractivity contribution in [2.45, 2.75) is 0 Å². The molecule has 96 valence electrons. The zero-order chi connectivity index (χ0) is 13.1. The maximum atomic E-state index is 12.3. The van der Waals surface area contributed by atoms with E-state index in [0.29, 0.717) is 41.9 Å². The molecule has 0 bridgehead atoms. The highest BCUT2D eigenvalue weighted by Gasteiger charge is 2.23. The van der Waals surface area contributed by atoms with Gasteiger partial charge in [-0.2, -0.15) is 0 Å². The summed E-state index contributed by atoms with van der Waals surface area (Å²) in [7, 11) is 0. The zero-order valence-corrected chi connectivity index (χ0v) is 11.4. The number of hydrogen-bond donors (Lipinski definition) is 1. The lowest BCUT2D eigenvalue weighted by Gasteiger charge is -2.35. The van der Waals surface area contributed by atoms with Crippen LogP contribution in [-0.4, -0.2) is 47.0 Å². The molecule has 1 heterocycles. The first kappa shape index (κ1) is 13.1. The van der Waals surface area contributed by atoms with Crippen LogP contribution in [0.25, 0.3) is 0 Å². The molecule has 2 rings (SSSR count). The van der Waals surface area contributed by atoms with Gasteiger partial charge in [0.1, 0.15) is 0 Å². The van der Waals surface area contributed by atoms with Gasteiger partial charge in [-0.25, -0.2) is 0 Å². The number of benzene rings is 1. The molecule has 1 aliphatic heterocycles. The van der Waals surface area contributed by atoms with Crippen molar-refractivity contribution >= 4 is 34.8 Å². The highest BCUT2D eigenvalue weighted by atomic mass is 35.5. The molecular weight excluding hydrogens is 270 g/mol. The number of rotatable bonds is 1. The summed E-state index contributed by atoms with van der Waals surface area (Å²) in [6.07, 6.45) is 0. The molecule has 1 aromatic rings. The molecule has 0 radical (unpaired) electrons. The predicted molar refractivity (Wildman–Crippen MR) is 75.7 cm³/mol. The van der Waals surface area contributed by atoms with Gasteiger partial charge in [0.2, 0.25) is 0 Å². The van der Waals surface area contributed by atoms with Gasteiger partial charge in [0.25, 0.3) is 5.91 Å². The fraction of sp³-hybridized carbons (Fsp3) is 0.333. The number of nitrogens with zero attached hydrogens (tertiary/aromatic N) is 2. The third-order valence-electron chi connectivity index (χ3n) is 2.98. The van der Waals surface area contributed by atoms with E-state index in [-0.39, 0.29) is 5.91 Å². The maximum absolute atomic E-state index is 12.3. The van der Waals surface area contributed by atoms with Crippen molar-refractivity contribution in [1.82, 2.24) is 9.80 Å². The number of hydrogen-bond acceptors (Lipinski definition) is 2. The van der Waals surface area contributed by atoms with Crippen LogP contribution < -0.4 is 5.73 Å². The summed E-state index contributed by atoms with van der Waals surface area (Å²) in [6, 6.07) is 7.08. The molecule has 0 aromatic heterocycles. The molecule has 0 atom stereocenters. The summed E-state index contributed by atoms with van der Waals surface area (Å²) in [4.78, 5) is 15.9. The Labute approximate surface area is 116 Å². The van der Waals surface area contributed by atoms with Gasteiger partial charge in [0, 0.05) is 26.2 Å². The van der Waals surface area contributed by atoms with Crippen molar-refractivity contribution in [1.29, 1.82) is 0 Å². The average molecular weight is 284 g/mol. The van der Waals surface area contributed by atoms with Gasteiger partial charge in [-0.3, -0.25) is 4.79 Å². The standard InChI is InChI=1S/C12H14ClN3OS/c13-10-4-2-1-3-9(10)11(17)15-5-7-16(8-6-15)12(14)18/h1-4H,5-8H2,(H2,14,18). The highest BCUT2D eigenvalue weighted by molar-refractivity contribution is 7.80. The minimum atomic E-state index is -0.0387. The fourth-order valence-corrected chi connectivity index (χ4v) is 2.33. The van der Waals surface area contributed by atoms with Gasteiger partial charge in [0.05, 0.1) is 10.6 Å². The van der Waals surface area contributed by atoms with Gasteiger partial charge >= 0.3 is 0 Å². The van der Waals surface area contributed by atoms with Crippen molar-refractivity contribution in [2.24, 2.45) is 5.73 Å². The largest absolute Gasteiger partial charge is 0.376 e. The summed E-state index contributed by atoms with van der Waals surface area (Å²) < 4.78 is 0. The number of thiocarbonyl (C=S) groups is 1. The number of amides is 1. The van der Waals surface area contributed by atoms with Crippen molar-refractivity contribution in [3.8, 4) is 0 Å². The first-order valence-corrected chi connectivity index (χ1v) is 6.46. The molecule has 1 saturated heterocycles. The molecule has 6 heteroatoms. The van der Waals surface area contributed by atoms with Gasteiger partial charge in [-0.1, -0.05) is 23.7 Å². The summed E-state index contributed by atoms with van der Waals surface area (Å²) in [5, 5.41) is 0.874. The monoisotopic (exact) mass is 283 g/mol. The molecule has 1 aromatic carbocycles. The predicted octanol–water partition coefficient (Wildman–Crippen LogP) is 1.34. The summed E-state index contributed by atoms with van der Waals surface area (Å²) in [5.74, 6) is -0.0387. The van der Waals surface area contributed by atoms with E-state index in [9.17, 15) is 4.79 Å². The van der Waals surface area contributed by atoms with Crippen LogP contribution in [0.1, 0.15) is 10.4 Å². The molecular formula is C12H14ClN3OS. The Morgan fingerprint density at radius 2 is 1.72 bits per heavy atom. The molecule has 0 saturated carbocycles. The van der Waals surface area contributed by atoms with E-state index >= 15 is 0 Å². The number of carbonyl (C=O) groups is 1. The highest BCUT2D eigenvalue weighted by Crippen LogP contribution is 2.17. The van der Waals surface area contributed by atoms with Crippen molar-refractivity contribution < 1.29 is 4.79 Å². The van der Waals surface area contributed by atoms with Crippen LogP contribution in [0.4, 0.5) is 0 Å². The Bertz CT molecular complexity index is 472. The Hall–Kier alpha value is -1.33. The molecule has 0 aliphatic carbocycles. The van der Waals surface area contributed by atoms with Crippen molar-refractivity contribution in [2.75, 3.05) is 26.2 Å². The van der Waals surface area contributed by atoms with E-state index in [2.05, 4.69) is 0 Å². The summed E-state index contributed by atoms with van der Waals surface area (Å²) >= 11 is 10.9. The number of carbonyl (C=O) groups excluding carboxylic acids is 1. The van der Waals surface area contributed by atoms with Crippen molar-refractivity contribution in [3.05, 3.63) is 34.9 Å². The fourth-order valence-electron chi connectivity index (χ4n) is 1.93. The SMILES string of the molecule is NC(=S)N1CCN(C(=O)c2ccccc2Cl)CC1. The molecule has 1 aliphatic rings. The molecule has 18 heavy (non-hydrogen) atoms. The van der Waals surface area contributed by atoms with Gasteiger partial charge in [0.15, 0.2) is 5.11 Å². The van der Waals surface area contributed by atoms with Gasteiger partial charge in [-0.15, -0.1) is 0 Å². The number of piperazine rings is 1. The van der Waals surface area contributed by atoms with Gasteiger partial charge < -0.3 is 15.5 Å². The lowest BCUT2D eigenvalue weighted by molar-refractivity contribution is 0.0693. The molecule has 1 fully saturated rings. The minimum absolute atomic E-state index is 0.0387. The maximum Gasteiger partial charge on any atom is 0.255 e. The normalized spacial score (nSPS) is 15.6. The summed E-state index contributed by atoms with van der Waals surface area (Å²) in [6.45, 7) is 2.57. The lowest BCUT2D eigenvalue weighted by Crippen LogP contribution is -2.52. The van der Waals surface area contributed by atoms with E-state index in [1.165, 1.54) is 0 Å². The Balaban J connectivity index is 2.04. The van der Waals surface area contributed by atoms with Crippen LogP contribution in [-0.2, 0) is 0 Å². The molecule has 4 nitrogen and oxygen atoms in total. The van der Waals surface area contributed by atoms with Crippen LogP contribution in [0.2, 0.25) is 5.02 Å². The van der Waals surface area contributed by atoms with Crippen LogP contribution in [0.15, 0.2) is 24.3 Å².